The number of carbonyl (C=O) groups is 1. The van der Waals surface area contributed by atoms with E-state index in [9.17, 15) is 4.79 Å². The predicted octanol–water partition coefficient (Wildman–Crippen LogP) is 3.67. The molecule has 2 rings (SSSR count). The van der Waals surface area contributed by atoms with Crippen molar-refractivity contribution >= 4 is 12.0 Å². The van der Waals surface area contributed by atoms with Crippen LogP contribution in [0.2, 0.25) is 0 Å². The zero-order valence-electron chi connectivity index (χ0n) is 14.8. The number of nitrogens with zero attached hydrogens (tertiary/aromatic N) is 2. The van der Waals surface area contributed by atoms with Crippen molar-refractivity contribution in [3.63, 3.8) is 0 Å². The van der Waals surface area contributed by atoms with Gasteiger partial charge in [-0.25, -0.2) is 0 Å². The van der Waals surface area contributed by atoms with Crippen LogP contribution in [-0.2, 0) is 4.79 Å². The van der Waals surface area contributed by atoms with Crippen LogP contribution in [0, 0.1) is 5.92 Å². The Labute approximate surface area is 141 Å². The molecule has 0 radical (unpaired) electrons. The van der Waals surface area contributed by atoms with E-state index in [4.69, 9.17) is 0 Å². The Morgan fingerprint density at radius 1 is 1.26 bits per heavy atom. The van der Waals surface area contributed by atoms with Crippen molar-refractivity contribution in [2.45, 2.75) is 33.6 Å². The first-order valence-corrected chi connectivity index (χ1v) is 8.87. The lowest BCUT2D eigenvalue weighted by Crippen LogP contribution is -2.45. The van der Waals surface area contributed by atoms with Gasteiger partial charge < -0.3 is 4.90 Å². The first-order valence-electron chi connectivity index (χ1n) is 8.87. The lowest BCUT2D eigenvalue weighted by molar-refractivity contribution is -0.136. The summed E-state index contributed by atoms with van der Waals surface area (Å²) in [7, 11) is 0. The smallest absolute Gasteiger partial charge is 0.226 e. The maximum atomic E-state index is 12.6. The Hall–Kier alpha value is -1.61. The van der Waals surface area contributed by atoms with E-state index in [1.165, 1.54) is 11.1 Å². The molecular formula is C20H30N2O. The van der Waals surface area contributed by atoms with E-state index in [1.54, 1.807) is 0 Å². The van der Waals surface area contributed by atoms with E-state index in [1.807, 2.05) is 11.0 Å². The molecule has 3 nitrogen and oxygen atoms in total. The second kappa shape index (κ2) is 8.88. The van der Waals surface area contributed by atoms with E-state index in [0.717, 1.165) is 45.6 Å². The van der Waals surface area contributed by atoms with Crippen molar-refractivity contribution in [2.24, 2.45) is 5.92 Å². The number of likely N-dealkylation sites (tertiary alicyclic amines) is 1. The van der Waals surface area contributed by atoms with Gasteiger partial charge in [-0.1, -0.05) is 42.0 Å². The number of hydrogen-bond acceptors (Lipinski definition) is 2. The molecule has 3 heteroatoms. The van der Waals surface area contributed by atoms with Gasteiger partial charge >= 0.3 is 0 Å². The van der Waals surface area contributed by atoms with Crippen molar-refractivity contribution in [1.82, 2.24) is 9.80 Å². The topological polar surface area (TPSA) is 23.6 Å². The monoisotopic (exact) mass is 314 g/mol. The van der Waals surface area contributed by atoms with Gasteiger partial charge in [0.1, 0.15) is 0 Å². The maximum Gasteiger partial charge on any atom is 0.226 e. The maximum absolute atomic E-state index is 12.6. The molecule has 1 amide bonds. The fourth-order valence-electron chi connectivity index (χ4n) is 3.43. The number of carbonyl (C=O) groups excluding carboxylic acids is 1. The summed E-state index contributed by atoms with van der Waals surface area (Å²) >= 11 is 0. The Morgan fingerprint density at radius 3 is 2.61 bits per heavy atom. The molecule has 23 heavy (non-hydrogen) atoms. The van der Waals surface area contributed by atoms with Crippen LogP contribution in [-0.4, -0.2) is 48.4 Å². The van der Waals surface area contributed by atoms with Crippen LogP contribution in [0.4, 0.5) is 0 Å². The zero-order chi connectivity index (χ0) is 16.7. The highest BCUT2D eigenvalue weighted by Gasteiger charge is 2.28. The van der Waals surface area contributed by atoms with Crippen LogP contribution in [0.25, 0.3) is 6.08 Å². The van der Waals surface area contributed by atoms with E-state index in [0.29, 0.717) is 5.91 Å². The minimum Gasteiger partial charge on any atom is -0.343 e. The van der Waals surface area contributed by atoms with Gasteiger partial charge in [-0.15, -0.1) is 0 Å². The molecule has 1 aromatic rings. The molecule has 0 bridgehead atoms. The van der Waals surface area contributed by atoms with Gasteiger partial charge in [0.25, 0.3) is 0 Å². The highest BCUT2D eigenvalue weighted by atomic mass is 16.2. The van der Waals surface area contributed by atoms with Gasteiger partial charge in [0, 0.05) is 26.2 Å². The Kier molecular flexibility index (Phi) is 6.85. The predicted molar refractivity (Wildman–Crippen MR) is 97.2 cm³/mol. The lowest BCUT2D eigenvalue weighted by atomic mass is 9.96. The summed E-state index contributed by atoms with van der Waals surface area (Å²) in [6, 6.07) is 10.4. The molecule has 1 atom stereocenters. The van der Waals surface area contributed by atoms with Crippen molar-refractivity contribution < 1.29 is 4.79 Å². The first kappa shape index (κ1) is 17.7. The summed E-state index contributed by atoms with van der Waals surface area (Å²) in [5.74, 6) is 0.512. The summed E-state index contributed by atoms with van der Waals surface area (Å²) in [4.78, 5) is 17.0. The Bertz CT molecular complexity index is 520. The fraction of sp³-hybridized carbons (Fsp3) is 0.550. The quantitative estimate of drug-likeness (QED) is 0.800. The van der Waals surface area contributed by atoms with E-state index in [-0.39, 0.29) is 5.92 Å². The summed E-state index contributed by atoms with van der Waals surface area (Å²) in [6.45, 7) is 10.9. The van der Waals surface area contributed by atoms with Gasteiger partial charge in [0.05, 0.1) is 5.92 Å². The highest BCUT2D eigenvalue weighted by Crippen LogP contribution is 2.20. The van der Waals surface area contributed by atoms with Crippen LogP contribution in [0.1, 0.15) is 39.2 Å². The Balaban J connectivity index is 1.93. The molecule has 1 aliphatic rings. The number of rotatable bonds is 6. The highest BCUT2D eigenvalue weighted by molar-refractivity contribution is 5.79. The molecule has 1 heterocycles. The van der Waals surface area contributed by atoms with Crippen LogP contribution in [0.3, 0.4) is 0 Å². The molecule has 0 aromatic heterocycles. The minimum atomic E-state index is 0.174. The van der Waals surface area contributed by atoms with E-state index < -0.39 is 0 Å². The number of benzene rings is 1. The van der Waals surface area contributed by atoms with Crippen LogP contribution >= 0.6 is 0 Å². The average Bonchev–Trinajstić information content (AvgIpc) is 2.57. The number of piperidine rings is 1. The number of hydrogen-bond donors (Lipinski definition) is 0. The van der Waals surface area contributed by atoms with Crippen molar-refractivity contribution in [3.05, 3.63) is 41.5 Å². The van der Waals surface area contributed by atoms with Crippen LogP contribution in [0.5, 0.6) is 0 Å². The van der Waals surface area contributed by atoms with E-state index >= 15 is 0 Å². The first-order chi connectivity index (χ1) is 11.1. The van der Waals surface area contributed by atoms with Gasteiger partial charge in [0.15, 0.2) is 0 Å². The SMILES string of the molecule is CCN(CC)C(=O)[C@@H]1CCCN(C/C(C)=C/c2ccccc2)C1. The molecule has 0 N–H and O–H groups in total. The van der Waals surface area contributed by atoms with Gasteiger partial charge in [0.2, 0.25) is 5.91 Å². The lowest BCUT2D eigenvalue weighted by Gasteiger charge is -2.34. The second-order valence-electron chi connectivity index (χ2n) is 6.49. The zero-order valence-corrected chi connectivity index (χ0v) is 14.8. The van der Waals surface area contributed by atoms with Gasteiger partial charge in [-0.05, 0) is 45.7 Å². The molecular weight excluding hydrogens is 284 g/mol. The van der Waals surface area contributed by atoms with E-state index in [2.05, 4.69) is 56.0 Å². The summed E-state index contributed by atoms with van der Waals surface area (Å²) < 4.78 is 0. The molecule has 0 saturated carbocycles. The molecule has 1 fully saturated rings. The molecule has 0 spiro atoms. The van der Waals surface area contributed by atoms with Crippen LogP contribution < -0.4 is 0 Å². The largest absolute Gasteiger partial charge is 0.343 e. The molecule has 0 unspecified atom stereocenters. The third-order valence-corrected chi connectivity index (χ3v) is 4.62. The number of amides is 1. The molecule has 1 aromatic carbocycles. The molecule has 0 aliphatic carbocycles. The standard InChI is InChI=1S/C20H30N2O/c1-4-22(5-2)20(23)19-12-9-13-21(16-19)15-17(3)14-18-10-7-6-8-11-18/h6-8,10-11,14,19H,4-5,9,12-13,15-16H2,1-3H3/b17-14+/t19-/m1/s1. The van der Waals surface area contributed by atoms with Crippen LogP contribution in [0.15, 0.2) is 35.9 Å². The minimum absolute atomic E-state index is 0.174. The third kappa shape index (κ3) is 5.21. The van der Waals surface area contributed by atoms with Gasteiger partial charge in [-0.2, -0.15) is 0 Å². The average molecular weight is 314 g/mol. The van der Waals surface area contributed by atoms with Crippen molar-refractivity contribution in [1.29, 1.82) is 0 Å². The normalized spacial score (nSPS) is 19.6. The molecule has 126 valence electrons. The van der Waals surface area contributed by atoms with Crippen molar-refractivity contribution in [3.8, 4) is 0 Å². The molecule has 1 saturated heterocycles. The Morgan fingerprint density at radius 2 is 1.96 bits per heavy atom. The summed E-state index contributed by atoms with van der Waals surface area (Å²) in [6.07, 6.45) is 4.40. The fourth-order valence-corrected chi connectivity index (χ4v) is 3.43. The summed E-state index contributed by atoms with van der Waals surface area (Å²) in [5.41, 5.74) is 2.60. The molecule has 1 aliphatic heterocycles. The summed E-state index contributed by atoms with van der Waals surface area (Å²) in [5, 5.41) is 0. The van der Waals surface area contributed by atoms with Crippen molar-refractivity contribution in [2.75, 3.05) is 32.7 Å². The van der Waals surface area contributed by atoms with Gasteiger partial charge in [-0.3, -0.25) is 9.69 Å². The third-order valence-electron chi connectivity index (χ3n) is 4.62. The second-order valence-corrected chi connectivity index (χ2v) is 6.49.